The minimum absolute atomic E-state index is 0.00175. The van der Waals surface area contributed by atoms with Crippen molar-refractivity contribution in [2.75, 3.05) is 11.5 Å². The minimum Gasteiger partial charge on any atom is -0.352 e. The lowest BCUT2D eigenvalue weighted by molar-refractivity contribution is -0.126. The average Bonchev–Trinajstić information content (AvgIpc) is 2.38. The first-order valence-electron chi connectivity index (χ1n) is 6.98. The Morgan fingerprint density at radius 3 is 2.48 bits per heavy atom. The van der Waals surface area contributed by atoms with Gasteiger partial charge in [0, 0.05) is 6.04 Å². The standard InChI is InChI=1S/C15H20FNO3S/c1-15(2,11-5-7-12(16)8-6-11)14(18)17-13-4-3-9-21(19,20)10-13/h5-8,13H,3-4,9-10H2,1-2H3,(H,17,18). The quantitative estimate of drug-likeness (QED) is 0.925. The third-order valence-electron chi connectivity index (χ3n) is 3.93. The van der Waals surface area contributed by atoms with E-state index in [4.69, 9.17) is 0 Å². The van der Waals surface area contributed by atoms with Gasteiger partial charge in [0.25, 0.3) is 0 Å². The number of halogens is 1. The summed E-state index contributed by atoms with van der Waals surface area (Å²) in [7, 11) is -3.06. The maximum absolute atomic E-state index is 13.0. The maximum atomic E-state index is 13.0. The van der Waals surface area contributed by atoms with Crippen molar-refractivity contribution in [3.63, 3.8) is 0 Å². The van der Waals surface area contributed by atoms with Crippen molar-refractivity contribution in [2.24, 2.45) is 0 Å². The molecule has 0 aliphatic carbocycles. The molecule has 6 heteroatoms. The van der Waals surface area contributed by atoms with E-state index in [0.717, 1.165) is 0 Å². The first kappa shape index (κ1) is 15.9. The van der Waals surface area contributed by atoms with Crippen LogP contribution in [-0.4, -0.2) is 31.9 Å². The topological polar surface area (TPSA) is 63.2 Å². The second-order valence-corrected chi connectivity index (χ2v) is 8.29. The van der Waals surface area contributed by atoms with Crippen LogP contribution in [0.4, 0.5) is 4.39 Å². The number of hydrogen-bond donors (Lipinski definition) is 1. The molecule has 1 aliphatic rings. The van der Waals surface area contributed by atoms with E-state index in [1.807, 2.05) is 0 Å². The fourth-order valence-corrected chi connectivity index (χ4v) is 4.14. The number of nitrogens with one attached hydrogen (secondary N) is 1. The smallest absolute Gasteiger partial charge is 0.230 e. The number of amides is 1. The highest BCUT2D eigenvalue weighted by Crippen LogP contribution is 2.24. The van der Waals surface area contributed by atoms with Gasteiger partial charge in [-0.3, -0.25) is 4.79 Å². The van der Waals surface area contributed by atoms with Crippen molar-refractivity contribution in [3.8, 4) is 0 Å². The summed E-state index contributed by atoms with van der Waals surface area (Å²) in [6.07, 6.45) is 1.24. The molecule has 1 fully saturated rings. The number of sulfone groups is 1. The Morgan fingerprint density at radius 1 is 1.29 bits per heavy atom. The van der Waals surface area contributed by atoms with Gasteiger partial charge in [-0.25, -0.2) is 12.8 Å². The molecule has 1 aliphatic heterocycles. The van der Waals surface area contributed by atoms with Crippen LogP contribution in [0.5, 0.6) is 0 Å². The monoisotopic (exact) mass is 313 g/mol. The Labute approximate surface area is 124 Å². The first-order chi connectivity index (χ1) is 9.71. The molecule has 1 amide bonds. The Balaban J connectivity index is 2.10. The second kappa shape index (κ2) is 5.75. The van der Waals surface area contributed by atoms with Crippen LogP contribution in [-0.2, 0) is 20.0 Å². The third kappa shape index (κ3) is 3.81. The van der Waals surface area contributed by atoms with E-state index in [1.165, 1.54) is 12.1 Å². The normalized spacial score (nSPS) is 21.8. The molecule has 1 heterocycles. The molecular formula is C15H20FNO3S. The second-order valence-electron chi connectivity index (χ2n) is 6.06. The van der Waals surface area contributed by atoms with Gasteiger partial charge >= 0.3 is 0 Å². The molecule has 4 nitrogen and oxygen atoms in total. The summed E-state index contributed by atoms with van der Waals surface area (Å²) in [5.41, 5.74) is -0.144. The van der Waals surface area contributed by atoms with E-state index in [2.05, 4.69) is 5.32 Å². The molecule has 0 saturated carbocycles. The molecular weight excluding hydrogens is 293 g/mol. The molecule has 116 valence electrons. The highest BCUT2D eigenvalue weighted by Gasteiger charge is 2.33. The molecule has 1 N–H and O–H groups in total. The number of carbonyl (C=O) groups excluding carboxylic acids is 1. The van der Waals surface area contributed by atoms with Gasteiger partial charge < -0.3 is 5.32 Å². The zero-order valence-corrected chi connectivity index (χ0v) is 13.0. The van der Waals surface area contributed by atoms with Gasteiger partial charge in [0.1, 0.15) is 5.82 Å². The molecule has 1 atom stereocenters. The largest absolute Gasteiger partial charge is 0.352 e. The Kier molecular flexibility index (Phi) is 4.37. The minimum atomic E-state index is -3.06. The van der Waals surface area contributed by atoms with E-state index < -0.39 is 15.3 Å². The van der Waals surface area contributed by atoms with Crippen molar-refractivity contribution >= 4 is 15.7 Å². The number of hydrogen-bond acceptors (Lipinski definition) is 3. The molecule has 0 bridgehead atoms. The molecule has 2 rings (SSSR count). The van der Waals surface area contributed by atoms with Crippen molar-refractivity contribution in [1.82, 2.24) is 5.32 Å². The van der Waals surface area contributed by atoms with Crippen LogP contribution in [0.25, 0.3) is 0 Å². The zero-order chi connectivity index (χ0) is 15.7. The molecule has 1 unspecified atom stereocenters. The summed E-state index contributed by atoms with van der Waals surface area (Å²) >= 11 is 0. The van der Waals surface area contributed by atoms with Crippen molar-refractivity contribution in [3.05, 3.63) is 35.6 Å². The van der Waals surface area contributed by atoms with E-state index in [-0.39, 0.29) is 29.3 Å². The summed E-state index contributed by atoms with van der Waals surface area (Å²) in [5.74, 6) is -0.400. The van der Waals surface area contributed by atoms with Gasteiger partial charge in [0.2, 0.25) is 5.91 Å². The lowest BCUT2D eigenvalue weighted by Crippen LogP contribution is -2.49. The number of rotatable bonds is 3. The van der Waals surface area contributed by atoms with Gasteiger partial charge in [-0.15, -0.1) is 0 Å². The fraction of sp³-hybridized carbons (Fsp3) is 0.533. The zero-order valence-electron chi connectivity index (χ0n) is 12.2. The van der Waals surface area contributed by atoms with E-state index in [9.17, 15) is 17.6 Å². The molecule has 0 spiro atoms. The average molecular weight is 313 g/mol. The van der Waals surface area contributed by atoms with Crippen LogP contribution in [0.2, 0.25) is 0 Å². The van der Waals surface area contributed by atoms with Crippen molar-refractivity contribution in [2.45, 2.75) is 38.1 Å². The van der Waals surface area contributed by atoms with Crippen LogP contribution in [0.15, 0.2) is 24.3 Å². The summed E-state index contributed by atoms with van der Waals surface area (Å²) in [4.78, 5) is 12.4. The fourth-order valence-electron chi connectivity index (χ4n) is 2.50. The summed E-state index contributed by atoms with van der Waals surface area (Å²) < 4.78 is 36.2. The third-order valence-corrected chi connectivity index (χ3v) is 5.75. The van der Waals surface area contributed by atoms with Gasteiger partial charge in [-0.2, -0.15) is 0 Å². The molecule has 21 heavy (non-hydrogen) atoms. The highest BCUT2D eigenvalue weighted by molar-refractivity contribution is 7.91. The van der Waals surface area contributed by atoms with Gasteiger partial charge in [-0.1, -0.05) is 12.1 Å². The van der Waals surface area contributed by atoms with Crippen LogP contribution < -0.4 is 5.32 Å². The first-order valence-corrected chi connectivity index (χ1v) is 8.80. The highest BCUT2D eigenvalue weighted by atomic mass is 32.2. The lowest BCUT2D eigenvalue weighted by atomic mass is 9.83. The van der Waals surface area contributed by atoms with Crippen LogP contribution in [0.1, 0.15) is 32.3 Å². The molecule has 1 aromatic rings. The van der Waals surface area contributed by atoms with E-state index in [0.29, 0.717) is 18.4 Å². The van der Waals surface area contributed by atoms with Crippen LogP contribution >= 0.6 is 0 Å². The van der Waals surface area contributed by atoms with E-state index in [1.54, 1.807) is 26.0 Å². The van der Waals surface area contributed by atoms with Gasteiger partial charge in [0.15, 0.2) is 9.84 Å². The predicted molar refractivity (Wildman–Crippen MR) is 79.2 cm³/mol. The molecule has 1 saturated heterocycles. The molecule has 1 aromatic carbocycles. The van der Waals surface area contributed by atoms with Crippen molar-refractivity contribution < 1.29 is 17.6 Å². The number of carbonyl (C=O) groups is 1. The summed E-state index contributed by atoms with van der Waals surface area (Å²) in [6.45, 7) is 3.49. The van der Waals surface area contributed by atoms with Gasteiger partial charge in [-0.05, 0) is 44.4 Å². The van der Waals surface area contributed by atoms with Crippen molar-refractivity contribution in [1.29, 1.82) is 0 Å². The van der Waals surface area contributed by atoms with Crippen LogP contribution in [0.3, 0.4) is 0 Å². The summed E-state index contributed by atoms with van der Waals surface area (Å²) in [6, 6.07) is 5.44. The SMILES string of the molecule is CC(C)(C(=O)NC1CCCS(=O)(=O)C1)c1ccc(F)cc1. The van der Waals surface area contributed by atoms with Gasteiger partial charge in [0.05, 0.1) is 16.9 Å². The van der Waals surface area contributed by atoms with Crippen LogP contribution in [0, 0.1) is 5.82 Å². The molecule has 0 aromatic heterocycles. The molecule has 0 radical (unpaired) electrons. The lowest BCUT2D eigenvalue weighted by Gasteiger charge is -2.29. The number of benzene rings is 1. The van der Waals surface area contributed by atoms with E-state index >= 15 is 0 Å². The predicted octanol–water partition coefficient (Wildman–Crippen LogP) is 1.80. The maximum Gasteiger partial charge on any atom is 0.230 e. The Hall–Kier alpha value is -1.43. The summed E-state index contributed by atoms with van der Waals surface area (Å²) in [5, 5.41) is 2.82. The Bertz CT molecular complexity index is 623. The Morgan fingerprint density at radius 2 is 1.90 bits per heavy atom.